The van der Waals surface area contributed by atoms with Gasteiger partial charge in [0.1, 0.15) is 22.7 Å². The summed E-state index contributed by atoms with van der Waals surface area (Å²) in [7, 11) is 2.53. The van der Waals surface area contributed by atoms with Gasteiger partial charge in [-0.1, -0.05) is 19.9 Å². The molecule has 5 rings (SSSR count). The van der Waals surface area contributed by atoms with Gasteiger partial charge < -0.3 is 23.5 Å². The van der Waals surface area contributed by atoms with Crippen LogP contribution in [0.15, 0.2) is 12.1 Å². The molecule has 1 aromatic rings. The Morgan fingerprint density at radius 2 is 1.91 bits per heavy atom. The number of rotatable bonds is 6. The maximum Gasteiger partial charge on any atom is 0.477 e. The van der Waals surface area contributed by atoms with Crippen LogP contribution in [0.3, 0.4) is 0 Å². The van der Waals surface area contributed by atoms with Crippen LogP contribution in [-0.4, -0.2) is 49.9 Å². The standard InChI is InChI=1S/C25H36BClO6/c1-23(2,3)31-22(28)20-16(29-7)10-9-14(21(20)30-8)11-19(27)26-32-18-13-15-12-17(24(15,4)5)25(18,6)33-26/h9-10,15,17-19H,11-13H2,1-8H3/t15-,17-,18?,19+,25-/m0/s1. The van der Waals surface area contributed by atoms with E-state index in [0.717, 1.165) is 12.0 Å². The third-order valence-corrected chi connectivity index (χ3v) is 8.27. The summed E-state index contributed by atoms with van der Waals surface area (Å²) in [6.45, 7) is 12.3. The SMILES string of the molecule is COc1ccc(C[C@@H](Cl)B2OC3C[C@@H]4C[C@@H](C4(C)C)[C@]3(C)O2)c(OC)c1C(=O)OC(C)(C)C. The third-order valence-electron chi connectivity index (χ3n) is 7.91. The van der Waals surface area contributed by atoms with E-state index in [9.17, 15) is 4.79 Å². The Bertz CT molecular complexity index is 928. The van der Waals surface area contributed by atoms with Crippen molar-refractivity contribution in [1.82, 2.24) is 0 Å². The van der Waals surface area contributed by atoms with Crippen LogP contribution in [0.4, 0.5) is 0 Å². The van der Waals surface area contributed by atoms with Gasteiger partial charge in [-0.3, -0.25) is 0 Å². The molecule has 33 heavy (non-hydrogen) atoms. The first kappa shape index (κ1) is 24.7. The smallest absolute Gasteiger partial charge is 0.477 e. The average Bonchev–Trinajstić information content (AvgIpc) is 3.09. The van der Waals surface area contributed by atoms with Gasteiger partial charge in [0.25, 0.3) is 0 Å². The fourth-order valence-electron chi connectivity index (χ4n) is 6.05. The molecule has 1 heterocycles. The molecule has 4 fully saturated rings. The number of halogens is 1. The minimum atomic E-state index is -0.649. The van der Waals surface area contributed by atoms with E-state index in [1.165, 1.54) is 20.6 Å². The minimum Gasteiger partial charge on any atom is -0.496 e. The van der Waals surface area contributed by atoms with Gasteiger partial charge in [0.2, 0.25) is 0 Å². The van der Waals surface area contributed by atoms with Gasteiger partial charge in [-0.05, 0) is 75.8 Å². The van der Waals surface area contributed by atoms with E-state index in [4.69, 9.17) is 35.1 Å². The normalized spacial score (nSPS) is 30.8. The lowest BCUT2D eigenvalue weighted by Crippen LogP contribution is -2.65. The van der Waals surface area contributed by atoms with Gasteiger partial charge in [-0.2, -0.15) is 0 Å². The number of alkyl halides is 1. The van der Waals surface area contributed by atoms with E-state index in [2.05, 4.69) is 20.8 Å². The van der Waals surface area contributed by atoms with E-state index < -0.39 is 24.0 Å². The molecular weight excluding hydrogens is 443 g/mol. The van der Waals surface area contributed by atoms with Crippen molar-refractivity contribution in [3.8, 4) is 11.5 Å². The summed E-state index contributed by atoms with van der Waals surface area (Å²) in [6.07, 6.45) is 2.68. The zero-order valence-corrected chi connectivity index (χ0v) is 21.7. The molecule has 3 saturated carbocycles. The van der Waals surface area contributed by atoms with Crippen molar-refractivity contribution in [3.63, 3.8) is 0 Å². The molecule has 1 aliphatic heterocycles. The fraction of sp³-hybridized carbons (Fsp3) is 0.720. The third kappa shape index (κ3) is 4.15. The molecule has 1 aromatic carbocycles. The molecule has 5 atom stereocenters. The second-order valence-corrected chi connectivity index (χ2v) is 12.0. The molecule has 2 bridgehead atoms. The predicted octanol–water partition coefficient (Wildman–Crippen LogP) is 5.08. The molecule has 182 valence electrons. The van der Waals surface area contributed by atoms with Crippen LogP contribution in [0.1, 0.15) is 70.3 Å². The first-order valence-electron chi connectivity index (χ1n) is 11.8. The van der Waals surface area contributed by atoms with Crippen molar-refractivity contribution in [2.24, 2.45) is 17.3 Å². The maximum absolute atomic E-state index is 13.0. The molecule has 0 spiro atoms. The summed E-state index contributed by atoms with van der Waals surface area (Å²) in [4.78, 5) is 13.0. The Morgan fingerprint density at radius 1 is 1.21 bits per heavy atom. The molecule has 0 amide bonds. The number of hydrogen-bond donors (Lipinski definition) is 0. The van der Waals surface area contributed by atoms with E-state index in [1.54, 1.807) is 6.07 Å². The van der Waals surface area contributed by atoms with E-state index >= 15 is 0 Å². The van der Waals surface area contributed by atoms with Crippen molar-refractivity contribution < 1.29 is 28.3 Å². The van der Waals surface area contributed by atoms with E-state index in [-0.39, 0.29) is 22.7 Å². The quantitative estimate of drug-likeness (QED) is 0.323. The fourth-order valence-corrected chi connectivity index (χ4v) is 6.33. The maximum atomic E-state index is 13.0. The highest BCUT2D eigenvalue weighted by atomic mass is 35.5. The van der Waals surface area contributed by atoms with Gasteiger partial charge in [-0.15, -0.1) is 11.6 Å². The summed E-state index contributed by atoms with van der Waals surface area (Å²) < 4.78 is 29.6. The molecular formula is C25H36BClO6. The Kier molecular flexibility index (Phi) is 6.25. The molecule has 3 aliphatic carbocycles. The zero-order chi connectivity index (χ0) is 24.3. The first-order chi connectivity index (χ1) is 15.3. The lowest BCUT2D eigenvalue weighted by atomic mass is 9.43. The first-order valence-corrected chi connectivity index (χ1v) is 12.2. The summed E-state index contributed by atoms with van der Waals surface area (Å²) >= 11 is 6.87. The summed E-state index contributed by atoms with van der Waals surface area (Å²) in [5.41, 5.74) is 0.335. The number of carbonyl (C=O) groups excluding carboxylic acids is 1. The summed E-state index contributed by atoms with van der Waals surface area (Å²) in [6, 6.07) is 3.61. The van der Waals surface area contributed by atoms with Crippen molar-refractivity contribution in [2.75, 3.05) is 14.2 Å². The molecule has 1 saturated heterocycles. The van der Waals surface area contributed by atoms with Crippen molar-refractivity contribution in [2.45, 2.75) is 83.4 Å². The van der Waals surface area contributed by atoms with E-state index in [0.29, 0.717) is 29.8 Å². The number of esters is 1. The predicted molar refractivity (Wildman–Crippen MR) is 128 cm³/mol. The van der Waals surface area contributed by atoms with Gasteiger partial charge >= 0.3 is 13.1 Å². The van der Waals surface area contributed by atoms with Crippen LogP contribution in [-0.2, 0) is 20.5 Å². The van der Waals surface area contributed by atoms with E-state index in [1.807, 2.05) is 26.8 Å². The van der Waals surface area contributed by atoms with Crippen molar-refractivity contribution >= 4 is 24.7 Å². The largest absolute Gasteiger partial charge is 0.496 e. The van der Waals surface area contributed by atoms with Gasteiger partial charge in [0.05, 0.1) is 31.2 Å². The summed E-state index contributed by atoms with van der Waals surface area (Å²) in [5, 5.41) is -0.443. The number of carbonyl (C=O) groups is 1. The lowest BCUT2D eigenvalue weighted by molar-refractivity contribution is -0.199. The monoisotopic (exact) mass is 478 g/mol. The van der Waals surface area contributed by atoms with Crippen LogP contribution < -0.4 is 9.47 Å². The van der Waals surface area contributed by atoms with Crippen molar-refractivity contribution in [3.05, 3.63) is 23.3 Å². The average molecular weight is 479 g/mol. The Balaban J connectivity index is 1.56. The van der Waals surface area contributed by atoms with Gasteiger partial charge in [0.15, 0.2) is 0 Å². The number of hydrogen-bond acceptors (Lipinski definition) is 6. The van der Waals surface area contributed by atoms with Crippen LogP contribution in [0, 0.1) is 17.3 Å². The molecule has 0 N–H and O–H groups in total. The van der Waals surface area contributed by atoms with Crippen molar-refractivity contribution in [1.29, 1.82) is 0 Å². The van der Waals surface area contributed by atoms with Gasteiger partial charge in [-0.25, -0.2) is 4.79 Å². The number of methoxy groups -OCH3 is 2. The Hall–Kier alpha value is -1.44. The van der Waals surface area contributed by atoms with Crippen LogP contribution >= 0.6 is 11.6 Å². The number of ether oxygens (including phenoxy) is 3. The molecule has 0 aromatic heterocycles. The highest BCUT2D eigenvalue weighted by Crippen LogP contribution is 2.65. The highest BCUT2D eigenvalue weighted by molar-refractivity contribution is 6.60. The molecule has 0 radical (unpaired) electrons. The molecule has 6 nitrogen and oxygen atoms in total. The van der Waals surface area contributed by atoms with Crippen LogP contribution in [0.25, 0.3) is 0 Å². The second kappa shape index (κ2) is 8.35. The second-order valence-electron chi connectivity index (χ2n) is 11.4. The minimum absolute atomic E-state index is 0.0654. The Morgan fingerprint density at radius 3 is 2.48 bits per heavy atom. The highest BCUT2D eigenvalue weighted by Gasteiger charge is 2.68. The Labute approximate surface area is 202 Å². The molecule has 8 heteroatoms. The van der Waals surface area contributed by atoms with Gasteiger partial charge in [0, 0.05) is 0 Å². The molecule has 1 unspecified atom stereocenters. The van der Waals surface area contributed by atoms with Crippen LogP contribution in [0.5, 0.6) is 11.5 Å². The van der Waals surface area contributed by atoms with Crippen LogP contribution in [0.2, 0.25) is 0 Å². The zero-order valence-electron chi connectivity index (χ0n) is 21.0. The summed E-state index contributed by atoms with van der Waals surface area (Å²) in [5.74, 6) is 1.44. The lowest BCUT2D eigenvalue weighted by Gasteiger charge is -2.64. The topological polar surface area (TPSA) is 63.2 Å². The molecule has 4 aliphatic rings. The number of benzene rings is 1.